The topological polar surface area (TPSA) is 69.2 Å². The van der Waals surface area contributed by atoms with Gasteiger partial charge in [0.2, 0.25) is 0 Å². The molecule has 32 heavy (non-hydrogen) atoms. The number of amides is 1. The fraction of sp³-hybridized carbons (Fsp3) is 0.167. The molecule has 0 aliphatic carbocycles. The van der Waals surface area contributed by atoms with Crippen molar-refractivity contribution in [1.82, 2.24) is 0 Å². The van der Waals surface area contributed by atoms with Crippen molar-refractivity contribution in [2.75, 3.05) is 18.5 Å². The summed E-state index contributed by atoms with van der Waals surface area (Å²) in [5, 5.41) is 7.79. The first-order chi connectivity index (χ1) is 15.5. The molecule has 6 nitrogen and oxygen atoms in total. The molecule has 0 aromatic heterocycles. The lowest BCUT2D eigenvalue weighted by molar-refractivity contribution is -0.120. The number of ether oxygens (including phenoxy) is 2. The highest BCUT2D eigenvalue weighted by Crippen LogP contribution is 2.29. The Labute approximate surface area is 196 Å². The Hall–Kier alpha value is -3.22. The molecule has 0 saturated heterocycles. The lowest BCUT2D eigenvalue weighted by atomic mass is 10.2. The van der Waals surface area contributed by atoms with E-state index >= 15 is 0 Å². The fourth-order valence-electron chi connectivity index (χ4n) is 2.70. The highest BCUT2D eigenvalue weighted by molar-refractivity contribution is 6.30. The minimum atomic E-state index is -0.329. The van der Waals surface area contributed by atoms with Crippen molar-refractivity contribution >= 4 is 41.0 Å². The minimum Gasteiger partial charge on any atom is -0.490 e. The van der Waals surface area contributed by atoms with E-state index in [9.17, 15) is 4.79 Å². The molecule has 166 valence electrons. The number of hydrogen-bond acceptors (Lipinski definition) is 5. The monoisotopic (exact) mass is 472 g/mol. The number of hydrogen-bond donors (Lipinski definition) is 1. The molecule has 0 radical (unpaired) electrons. The molecule has 1 N–H and O–H groups in total. The predicted octanol–water partition coefficient (Wildman–Crippen LogP) is 5.96. The Morgan fingerprint density at radius 2 is 1.78 bits per heavy atom. The second-order valence-electron chi connectivity index (χ2n) is 6.62. The van der Waals surface area contributed by atoms with E-state index in [4.69, 9.17) is 37.5 Å². The van der Waals surface area contributed by atoms with Gasteiger partial charge in [-0.2, -0.15) is 0 Å². The summed E-state index contributed by atoms with van der Waals surface area (Å²) in [4.78, 5) is 17.0. The van der Waals surface area contributed by atoms with Gasteiger partial charge in [0.05, 0.1) is 12.8 Å². The van der Waals surface area contributed by atoms with Gasteiger partial charge in [0, 0.05) is 21.3 Å². The van der Waals surface area contributed by atoms with Crippen molar-refractivity contribution in [2.24, 2.45) is 5.16 Å². The first-order valence-electron chi connectivity index (χ1n) is 9.88. The van der Waals surface area contributed by atoms with Crippen LogP contribution in [0.4, 0.5) is 5.69 Å². The van der Waals surface area contributed by atoms with Crippen LogP contribution in [0.2, 0.25) is 10.0 Å². The first kappa shape index (κ1) is 23.4. The van der Waals surface area contributed by atoms with Crippen LogP contribution in [0.5, 0.6) is 11.5 Å². The maximum absolute atomic E-state index is 11.9. The smallest absolute Gasteiger partial charge is 0.265 e. The van der Waals surface area contributed by atoms with Gasteiger partial charge in [0.25, 0.3) is 5.91 Å². The molecule has 0 aliphatic rings. The van der Waals surface area contributed by atoms with Crippen molar-refractivity contribution in [3.8, 4) is 11.5 Å². The Morgan fingerprint density at radius 3 is 2.53 bits per heavy atom. The van der Waals surface area contributed by atoms with Crippen LogP contribution < -0.4 is 14.8 Å². The van der Waals surface area contributed by atoms with Crippen LogP contribution in [0.1, 0.15) is 18.1 Å². The number of anilines is 1. The van der Waals surface area contributed by atoms with Gasteiger partial charge in [-0.3, -0.25) is 4.79 Å². The van der Waals surface area contributed by atoms with Gasteiger partial charge >= 0.3 is 0 Å². The molecule has 3 aromatic rings. The van der Waals surface area contributed by atoms with Crippen LogP contribution in [0.15, 0.2) is 71.9 Å². The zero-order valence-corrected chi connectivity index (χ0v) is 18.9. The number of carbonyl (C=O) groups excluding carboxylic acids is 1. The van der Waals surface area contributed by atoms with Crippen LogP contribution in [0.25, 0.3) is 0 Å². The Morgan fingerprint density at radius 1 is 0.969 bits per heavy atom. The van der Waals surface area contributed by atoms with Gasteiger partial charge in [-0.25, -0.2) is 0 Å². The Balaban J connectivity index is 1.54. The summed E-state index contributed by atoms with van der Waals surface area (Å²) in [7, 11) is 0. The standard InChI is InChI=1S/C24H22Cl2N2O4/c1-2-30-23-13-17(6-11-22(23)31-15-18-4-3-5-20(26)12-18)14-27-32-16-24(29)28-21-9-7-19(25)8-10-21/h3-14H,2,15-16H2,1H3,(H,28,29)/b27-14+. The number of nitrogens with zero attached hydrogens (tertiary/aromatic N) is 1. The van der Waals surface area contributed by atoms with Gasteiger partial charge in [-0.05, 0) is 67.1 Å². The highest BCUT2D eigenvalue weighted by atomic mass is 35.5. The van der Waals surface area contributed by atoms with Gasteiger partial charge in [0.15, 0.2) is 18.1 Å². The van der Waals surface area contributed by atoms with Crippen molar-refractivity contribution in [2.45, 2.75) is 13.5 Å². The lowest BCUT2D eigenvalue weighted by Crippen LogP contribution is -2.16. The maximum atomic E-state index is 11.9. The van der Waals surface area contributed by atoms with Gasteiger partial charge < -0.3 is 19.6 Å². The van der Waals surface area contributed by atoms with E-state index in [1.54, 1.807) is 36.4 Å². The highest BCUT2D eigenvalue weighted by Gasteiger charge is 2.07. The maximum Gasteiger partial charge on any atom is 0.265 e. The molecule has 8 heteroatoms. The SMILES string of the molecule is CCOc1cc(/C=N/OCC(=O)Nc2ccc(Cl)cc2)ccc1OCc1cccc(Cl)c1. The molecule has 0 aliphatic heterocycles. The van der Waals surface area contributed by atoms with E-state index in [0.29, 0.717) is 40.4 Å². The van der Waals surface area contributed by atoms with Crippen molar-refractivity contribution in [1.29, 1.82) is 0 Å². The predicted molar refractivity (Wildman–Crippen MR) is 127 cm³/mol. The number of carbonyl (C=O) groups is 1. The second-order valence-corrected chi connectivity index (χ2v) is 7.49. The van der Waals surface area contributed by atoms with E-state index in [2.05, 4.69) is 10.5 Å². The molecule has 3 rings (SSSR count). The minimum absolute atomic E-state index is 0.224. The van der Waals surface area contributed by atoms with Crippen LogP contribution in [-0.2, 0) is 16.2 Å². The number of rotatable bonds is 10. The lowest BCUT2D eigenvalue weighted by Gasteiger charge is -2.12. The summed E-state index contributed by atoms with van der Waals surface area (Å²) in [6, 6.07) is 19.7. The van der Waals surface area contributed by atoms with E-state index < -0.39 is 0 Å². The third-order valence-corrected chi connectivity index (χ3v) is 4.64. The summed E-state index contributed by atoms with van der Waals surface area (Å²) >= 11 is 11.8. The zero-order valence-electron chi connectivity index (χ0n) is 17.4. The Kier molecular flexibility index (Phi) is 8.78. The number of halogens is 2. The van der Waals surface area contributed by atoms with Crippen LogP contribution >= 0.6 is 23.2 Å². The number of benzene rings is 3. The molecule has 0 unspecified atom stereocenters. The molecule has 0 spiro atoms. The van der Waals surface area contributed by atoms with Crippen LogP contribution in [-0.4, -0.2) is 25.3 Å². The van der Waals surface area contributed by atoms with Gasteiger partial charge in [-0.1, -0.05) is 40.5 Å². The largest absolute Gasteiger partial charge is 0.490 e. The van der Waals surface area contributed by atoms with E-state index in [1.165, 1.54) is 6.21 Å². The number of nitrogens with one attached hydrogen (secondary N) is 1. The van der Waals surface area contributed by atoms with Crippen molar-refractivity contribution < 1.29 is 19.1 Å². The van der Waals surface area contributed by atoms with Crippen LogP contribution in [0, 0.1) is 0 Å². The fourth-order valence-corrected chi connectivity index (χ4v) is 3.04. The van der Waals surface area contributed by atoms with Gasteiger partial charge in [0.1, 0.15) is 6.61 Å². The summed E-state index contributed by atoms with van der Waals surface area (Å²) in [5.74, 6) is 0.857. The third-order valence-electron chi connectivity index (χ3n) is 4.15. The normalized spacial score (nSPS) is 10.7. The quantitative estimate of drug-likeness (QED) is 0.291. The molecule has 1 amide bonds. The molecule has 0 fully saturated rings. The van der Waals surface area contributed by atoms with Crippen molar-refractivity contribution in [3.05, 3.63) is 87.9 Å². The first-order valence-corrected chi connectivity index (χ1v) is 10.6. The van der Waals surface area contributed by atoms with E-state index in [1.807, 2.05) is 37.3 Å². The molecular formula is C24H22Cl2N2O4. The van der Waals surface area contributed by atoms with E-state index in [0.717, 1.165) is 11.1 Å². The van der Waals surface area contributed by atoms with Crippen molar-refractivity contribution in [3.63, 3.8) is 0 Å². The average molecular weight is 473 g/mol. The summed E-state index contributed by atoms with van der Waals surface area (Å²) < 4.78 is 11.6. The molecule has 0 saturated carbocycles. The molecular weight excluding hydrogens is 451 g/mol. The van der Waals surface area contributed by atoms with Crippen LogP contribution in [0.3, 0.4) is 0 Å². The number of oxime groups is 1. The molecule has 0 heterocycles. The third kappa shape index (κ3) is 7.48. The van der Waals surface area contributed by atoms with E-state index in [-0.39, 0.29) is 12.5 Å². The summed E-state index contributed by atoms with van der Waals surface area (Å²) in [5.41, 5.74) is 2.32. The zero-order chi connectivity index (χ0) is 22.8. The second kappa shape index (κ2) is 12.0. The van der Waals surface area contributed by atoms with Gasteiger partial charge in [-0.15, -0.1) is 0 Å². The summed E-state index contributed by atoms with van der Waals surface area (Å²) in [6.45, 7) is 2.51. The molecule has 0 atom stereocenters. The summed E-state index contributed by atoms with van der Waals surface area (Å²) in [6.07, 6.45) is 1.50. The Bertz CT molecular complexity index is 1070. The average Bonchev–Trinajstić information content (AvgIpc) is 2.78. The molecule has 3 aromatic carbocycles. The molecule has 0 bridgehead atoms.